The van der Waals surface area contributed by atoms with Gasteiger partial charge in [-0.2, -0.15) is 0 Å². The van der Waals surface area contributed by atoms with Crippen LogP contribution in [0.15, 0.2) is 35.1 Å². The topological polar surface area (TPSA) is 26.0 Å². The minimum atomic E-state index is 0.650. The lowest BCUT2D eigenvalue weighted by molar-refractivity contribution is 0.131. The first-order valence-electron chi connectivity index (χ1n) is 10.6. The molecule has 1 atom stereocenters. The number of hydrogen-bond acceptors (Lipinski definition) is 1. The molecule has 1 unspecified atom stereocenters. The Bertz CT molecular complexity index is 543. The van der Waals surface area contributed by atoms with Crippen molar-refractivity contribution in [3.8, 4) is 0 Å². The van der Waals surface area contributed by atoms with Crippen LogP contribution < -0.4 is 5.73 Å². The fourth-order valence-corrected chi connectivity index (χ4v) is 6.28. The Morgan fingerprint density at radius 2 is 1.46 bits per heavy atom. The van der Waals surface area contributed by atoms with E-state index in [1.54, 1.807) is 0 Å². The Balaban J connectivity index is 1.38. The SMILES string of the molecule is CC1CCCC2(CCC1)CCCC(C1C3=CC(N)=C1C=C3)CCC2. The molecule has 0 aromatic heterocycles. The molecule has 1 heteroatoms. The summed E-state index contributed by atoms with van der Waals surface area (Å²) in [5, 5.41) is 0. The maximum Gasteiger partial charge on any atom is 0.0355 e. The molecule has 0 aromatic carbocycles. The summed E-state index contributed by atoms with van der Waals surface area (Å²) >= 11 is 0. The molecular formula is C23H35N. The van der Waals surface area contributed by atoms with Gasteiger partial charge in [-0.1, -0.05) is 57.6 Å². The van der Waals surface area contributed by atoms with Crippen LogP contribution in [-0.2, 0) is 0 Å². The minimum absolute atomic E-state index is 0.650. The molecule has 1 nitrogen and oxygen atoms in total. The number of nitrogens with two attached hydrogens (primary N) is 1. The summed E-state index contributed by atoms with van der Waals surface area (Å²) in [5.74, 6) is 2.46. The molecule has 2 saturated carbocycles. The smallest absolute Gasteiger partial charge is 0.0355 e. The molecule has 132 valence electrons. The van der Waals surface area contributed by atoms with Crippen molar-refractivity contribution in [2.24, 2.45) is 28.9 Å². The lowest BCUT2D eigenvalue weighted by Crippen LogP contribution is -2.27. The van der Waals surface area contributed by atoms with E-state index >= 15 is 0 Å². The van der Waals surface area contributed by atoms with Gasteiger partial charge in [-0.15, -0.1) is 0 Å². The van der Waals surface area contributed by atoms with Crippen LogP contribution in [-0.4, -0.2) is 0 Å². The van der Waals surface area contributed by atoms with Crippen molar-refractivity contribution < 1.29 is 0 Å². The average Bonchev–Trinajstić information content (AvgIpc) is 3.05. The molecule has 2 N–H and O–H groups in total. The zero-order chi connectivity index (χ0) is 16.6. The van der Waals surface area contributed by atoms with E-state index in [1.165, 1.54) is 88.2 Å². The molecule has 0 heterocycles. The maximum absolute atomic E-state index is 6.19. The molecule has 4 aliphatic carbocycles. The Kier molecular flexibility index (Phi) is 4.62. The third-order valence-corrected chi connectivity index (χ3v) is 7.65. The predicted molar refractivity (Wildman–Crippen MR) is 102 cm³/mol. The summed E-state index contributed by atoms with van der Waals surface area (Å²) in [7, 11) is 0. The molecule has 2 fully saturated rings. The fourth-order valence-electron chi connectivity index (χ4n) is 6.28. The molecule has 0 radical (unpaired) electrons. The highest BCUT2D eigenvalue weighted by Crippen LogP contribution is 2.50. The summed E-state index contributed by atoms with van der Waals surface area (Å²) in [4.78, 5) is 0. The van der Waals surface area contributed by atoms with Gasteiger partial charge < -0.3 is 5.73 Å². The van der Waals surface area contributed by atoms with Crippen molar-refractivity contribution >= 4 is 0 Å². The van der Waals surface area contributed by atoms with Gasteiger partial charge in [0.2, 0.25) is 0 Å². The molecule has 0 saturated heterocycles. The van der Waals surface area contributed by atoms with E-state index in [-0.39, 0.29) is 0 Å². The second-order valence-electron chi connectivity index (χ2n) is 9.30. The third-order valence-electron chi connectivity index (χ3n) is 7.65. The van der Waals surface area contributed by atoms with Gasteiger partial charge in [0.1, 0.15) is 0 Å². The molecule has 1 spiro atoms. The summed E-state index contributed by atoms with van der Waals surface area (Å²) < 4.78 is 0. The normalized spacial score (nSPS) is 40.2. The Morgan fingerprint density at radius 1 is 0.875 bits per heavy atom. The fraction of sp³-hybridized carbons (Fsp3) is 0.739. The summed E-state index contributed by atoms with van der Waals surface area (Å²) in [6, 6.07) is 0. The molecule has 24 heavy (non-hydrogen) atoms. The maximum atomic E-state index is 6.19. The van der Waals surface area contributed by atoms with E-state index in [9.17, 15) is 0 Å². The molecule has 4 rings (SSSR count). The first-order chi connectivity index (χ1) is 11.7. The highest BCUT2D eigenvalue weighted by Gasteiger charge is 2.37. The number of fused-ring (bicyclic) bond motifs is 2. The van der Waals surface area contributed by atoms with Crippen LogP contribution in [0.1, 0.15) is 84.0 Å². The highest BCUT2D eigenvalue weighted by molar-refractivity contribution is 5.57. The second kappa shape index (κ2) is 6.73. The van der Waals surface area contributed by atoms with Crippen LogP contribution in [0.25, 0.3) is 0 Å². The van der Waals surface area contributed by atoms with Crippen molar-refractivity contribution in [2.75, 3.05) is 0 Å². The van der Waals surface area contributed by atoms with E-state index in [0.29, 0.717) is 11.3 Å². The van der Waals surface area contributed by atoms with Crippen LogP contribution in [0, 0.1) is 23.2 Å². The predicted octanol–water partition coefficient (Wildman–Crippen LogP) is 6.27. The number of allylic oxidation sites excluding steroid dienone is 5. The van der Waals surface area contributed by atoms with E-state index in [1.807, 2.05) is 0 Å². The molecule has 0 aromatic rings. The summed E-state index contributed by atoms with van der Waals surface area (Å²) in [5.41, 5.74) is 10.9. The van der Waals surface area contributed by atoms with Gasteiger partial charge in [0.25, 0.3) is 0 Å². The van der Waals surface area contributed by atoms with Gasteiger partial charge >= 0.3 is 0 Å². The third kappa shape index (κ3) is 3.11. The first-order valence-corrected chi connectivity index (χ1v) is 10.6. The van der Waals surface area contributed by atoms with E-state index < -0.39 is 0 Å². The molecule has 0 amide bonds. The van der Waals surface area contributed by atoms with E-state index in [4.69, 9.17) is 5.73 Å². The highest BCUT2D eigenvalue weighted by atomic mass is 14.6. The largest absolute Gasteiger partial charge is 0.398 e. The van der Waals surface area contributed by atoms with Gasteiger partial charge in [-0.25, -0.2) is 0 Å². The number of hydrogen-bond donors (Lipinski definition) is 1. The first kappa shape index (κ1) is 16.5. The van der Waals surface area contributed by atoms with Crippen molar-refractivity contribution in [1.82, 2.24) is 0 Å². The van der Waals surface area contributed by atoms with Crippen LogP contribution in [0.5, 0.6) is 0 Å². The van der Waals surface area contributed by atoms with Crippen LogP contribution in [0.2, 0.25) is 0 Å². The lowest BCUT2D eigenvalue weighted by Gasteiger charge is -2.40. The lowest BCUT2D eigenvalue weighted by atomic mass is 9.66. The summed E-state index contributed by atoms with van der Waals surface area (Å²) in [6.45, 7) is 2.46. The quantitative estimate of drug-likeness (QED) is 0.604. The molecular weight excluding hydrogens is 290 g/mol. The van der Waals surface area contributed by atoms with Crippen molar-refractivity contribution in [1.29, 1.82) is 0 Å². The summed E-state index contributed by atoms with van der Waals surface area (Å²) in [6.07, 6.45) is 24.4. The molecule has 0 aliphatic heterocycles. The van der Waals surface area contributed by atoms with Crippen molar-refractivity contribution in [2.45, 2.75) is 84.0 Å². The van der Waals surface area contributed by atoms with E-state index in [0.717, 1.165) is 17.5 Å². The second-order valence-corrected chi connectivity index (χ2v) is 9.30. The van der Waals surface area contributed by atoms with Gasteiger partial charge in [0.05, 0.1) is 0 Å². The Morgan fingerprint density at radius 3 is 1.96 bits per heavy atom. The van der Waals surface area contributed by atoms with Gasteiger partial charge in [-0.05, 0) is 73.0 Å². The molecule has 4 aliphatic rings. The van der Waals surface area contributed by atoms with Crippen LogP contribution in [0.3, 0.4) is 0 Å². The van der Waals surface area contributed by atoms with E-state index in [2.05, 4.69) is 25.2 Å². The van der Waals surface area contributed by atoms with Gasteiger partial charge in [-0.3, -0.25) is 0 Å². The monoisotopic (exact) mass is 325 g/mol. The Labute approximate surface area is 148 Å². The minimum Gasteiger partial charge on any atom is -0.398 e. The average molecular weight is 326 g/mol. The molecule has 2 bridgehead atoms. The van der Waals surface area contributed by atoms with Crippen molar-refractivity contribution in [3.63, 3.8) is 0 Å². The Hall–Kier alpha value is -0.980. The van der Waals surface area contributed by atoms with Crippen LogP contribution >= 0.6 is 0 Å². The van der Waals surface area contributed by atoms with Crippen LogP contribution in [0.4, 0.5) is 0 Å². The number of rotatable bonds is 1. The van der Waals surface area contributed by atoms with Gasteiger partial charge in [0, 0.05) is 11.6 Å². The van der Waals surface area contributed by atoms with Crippen molar-refractivity contribution in [3.05, 3.63) is 35.1 Å². The van der Waals surface area contributed by atoms with Gasteiger partial charge in [0.15, 0.2) is 0 Å². The zero-order valence-corrected chi connectivity index (χ0v) is 15.5. The zero-order valence-electron chi connectivity index (χ0n) is 15.5. The standard InChI is InChI=1S/C23H35N/c1-17-6-2-12-23(13-3-7-17)14-4-8-18(9-5-15-23)22-19-10-11-20(22)21(24)16-19/h10-11,16-18,22H,2-9,12-15,24H2,1H3.